The van der Waals surface area contributed by atoms with Crippen molar-refractivity contribution in [2.75, 3.05) is 0 Å². The number of fused-ring (bicyclic) bond motifs is 1. The summed E-state index contributed by atoms with van der Waals surface area (Å²) in [5.41, 5.74) is 0. The van der Waals surface area contributed by atoms with Gasteiger partial charge in [0.05, 0.1) is 9.79 Å². The lowest BCUT2D eigenvalue weighted by Gasteiger charge is -2.08. The molecule has 0 amide bonds. The van der Waals surface area contributed by atoms with Gasteiger partial charge in [-0.25, -0.2) is 27.1 Å². The predicted molar refractivity (Wildman–Crippen MR) is 73.9 cm³/mol. The lowest BCUT2D eigenvalue weighted by Crippen LogP contribution is -2.16. The van der Waals surface area contributed by atoms with Crippen LogP contribution < -0.4 is 10.3 Å². The van der Waals surface area contributed by atoms with Gasteiger partial charge in [-0.15, -0.1) is 12.6 Å². The van der Waals surface area contributed by atoms with Crippen LogP contribution in [0.1, 0.15) is 0 Å². The minimum atomic E-state index is -4.07. The number of benzene rings is 2. The third kappa shape index (κ3) is 2.90. The maximum atomic E-state index is 11.5. The molecule has 4 N–H and O–H groups in total. The minimum Gasteiger partial charge on any atom is -0.225 e. The summed E-state index contributed by atoms with van der Waals surface area (Å²) < 4.78 is 45.8. The highest BCUT2D eigenvalue weighted by atomic mass is 32.2. The van der Waals surface area contributed by atoms with Crippen LogP contribution in [0.3, 0.4) is 0 Å². The maximum absolute atomic E-state index is 11.5. The molecule has 2 aromatic rings. The van der Waals surface area contributed by atoms with Crippen LogP contribution in [0.4, 0.5) is 0 Å². The third-order valence-corrected chi connectivity index (χ3v) is 4.63. The predicted octanol–water partition coefficient (Wildman–Crippen LogP) is 0.423. The van der Waals surface area contributed by atoms with E-state index in [1.807, 2.05) is 0 Å². The zero-order chi connectivity index (χ0) is 14.4. The number of sulfonamides is 2. The number of hydrogen-bond donors (Lipinski definition) is 3. The topological polar surface area (TPSA) is 120 Å². The molecule has 102 valence electrons. The van der Waals surface area contributed by atoms with E-state index in [2.05, 4.69) is 12.6 Å². The van der Waals surface area contributed by atoms with E-state index in [0.717, 1.165) is 6.07 Å². The standard InChI is InChI=1S/C10H10N2O4S3/c11-18(13,14)8-4-6-3-7(17)1-2-9(6)10(5-8)19(12,15)16/h1-5,17H,(H2,11,13,14)(H2,12,15,16). The van der Waals surface area contributed by atoms with Gasteiger partial charge in [0, 0.05) is 10.3 Å². The Morgan fingerprint density at radius 1 is 0.895 bits per heavy atom. The molecule has 0 aromatic heterocycles. The Morgan fingerprint density at radius 2 is 1.53 bits per heavy atom. The highest BCUT2D eigenvalue weighted by Gasteiger charge is 2.18. The fourth-order valence-electron chi connectivity index (χ4n) is 1.70. The van der Waals surface area contributed by atoms with E-state index >= 15 is 0 Å². The van der Waals surface area contributed by atoms with Crippen molar-refractivity contribution in [3.8, 4) is 0 Å². The second-order valence-electron chi connectivity index (χ2n) is 3.92. The van der Waals surface area contributed by atoms with E-state index in [4.69, 9.17) is 10.3 Å². The molecule has 0 aliphatic carbocycles. The molecule has 0 aliphatic rings. The van der Waals surface area contributed by atoms with Crippen LogP contribution in [0.15, 0.2) is 45.0 Å². The summed E-state index contributed by atoms with van der Waals surface area (Å²) in [5, 5.41) is 10.8. The largest absolute Gasteiger partial charge is 0.238 e. The zero-order valence-electron chi connectivity index (χ0n) is 9.44. The molecule has 0 saturated heterocycles. The first-order valence-corrected chi connectivity index (χ1v) is 8.45. The van der Waals surface area contributed by atoms with Gasteiger partial charge in [-0.3, -0.25) is 0 Å². The molecule has 6 nitrogen and oxygen atoms in total. The van der Waals surface area contributed by atoms with Crippen LogP contribution in [0, 0.1) is 0 Å². The summed E-state index contributed by atoms with van der Waals surface area (Å²) in [6, 6.07) is 6.84. The van der Waals surface area contributed by atoms with Crippen molar-refractivity contribution in [2.24, 2.45) is 10.3 Å². The monoisotopic (exact) mass is 318 g/mol. The summed E-state index contributed by atoms with van der Waals surface area (Å²) in [5.74, 6) is 0. The van der Waals surface area contributed by atoms with Gasteiger partial charge in [-0.2, -0.15) is 0 Å². The number of primary sulfonamides is 2. The first-order valence-electron chi connectivity index (χ1n) is 4.91. The van der Waals surface area contributed by atoms with Crippen molar-refractivity contribution in [1.82, 2.24) is 0 Å². The van der Waals surface area contributed by atoms with Gasteiger partial charge in [0.25, 0.3) is 0 Å². The Labute approximate surface area is 115 Å². The van der Waals surface area contributed by atoms with Gasteiger partial charge in [0.15, 0.2) is 0 Å². The second-order valence-corrected chi connectivity index (χ2v) is 7.52. The molecule has 0 saturated carbocycles. The fourth-order valence-corrected chi connectivity index (χ4v) is 3.34. The van der Waals surface area contributed by atoms with Crippen LogP contribution in [-0.2, 0) is 20.0 Å². The van der Waals surface area contributed by atoms with Gasteiger partial charge < -0.3 is 0 Å². The lowest BCUT2D eigenvalue weighted by atomic mass is 10.1. The highest BCUT2D eigenvalue weighted by molar-refractivity contribution is 7.90. The Morgan fingerprint density at radius 3 is 2.05 bits per heavy atom. The lowest BCUT2D eigenvalue weighted by molar-refractivity contribution is 0.596. The second kappa shape index (κ2) is 4.46. The summed E-state index contributed by atoms with van der Waals surface area (Å²) in [6.45, 7) is 0. The van der Waals surface area contributed by atoms with Crippen molar-refractivity contribution >= 4 is 43.4 Å². The molecule has 0 fully saturated rings. The van der Waals surface area contributed by atoms with Crippen LogP contribution in [0.5, 0.6) is 0 Å². The molecular weight excluding hydrogens is 308 g/mol. The smallest absolute Gasteiger partial charge is 0.225 e. The SMILES string of the molecule is NS(=O)(=O)c1cc(S(N)(=O)=O)c2ccc(S)cc2c1. The van der Waals surface area contributed by atoms with E-state index in [0.29, 0.717) is 15.7 Å². The van der Waals surface area contributed by atoms with Gasteiger partial charge in [-0.05, 0) is 29.7 Å². The van der Waals surface area contributed by atoms with Crippen molar-refractivity contribution < 1.29 is 16.8 Å². The molecular formula is C10H10N2O4S3. The molecule has 19 heavy (non-hydrogen) atoms. The number of hydrogen-bond acceptors (Lipinski definition) is 5. The van der Waals surface area contributed by atoms with E-state index in [1.165, 1.54) is 18.2 Å². The van der Waals surface area contributed by atoms with E-state index in [-0.39, 0.29) is 9.79 Å². The van der Waals surface area contributed by atoms with E-state index in [1.54, 1.807) is 6.07 Å². The van der Waals surface area contributed by atoms with Crippen LogP contribution in [-0.4, -0.2) is 16.8 Å². The average molecular weight is 318 g/mol. The normalized spacial score (nSPS) is 12.8. The quantitative estimate of drug-likeness (QED) is 0.695. The first kappa shape index (κ1) is 14.3. The summed E-state index contributed by atoms with van der Waals surface area (Å²) in [6.07, 6.45) is 0. The van der Waals surface area contributed by atoms with Crippen molar-refractivity contribution in [2.45, 2.75) is 14.7 Å². The zero-order valence-corrected chi connectivity index (χ0v) is 12.0. The highest BCUT2D eigenvalue weighted by Crippen LogP contribution is 2.27. The first-order chi connectivity index (χ1) is 8.59. The van der Waals surface area contributed by atoms with E-state index in [9.17, 15) is 16.8 Å². The fraction of sp³-hybridized carbons (Fsp3) is 0. The van der Waals surface area contributed by atoms with Crippen LogP contribution in [0.25, 0.3) is 10.8 Å². The van der Waals surface area contributed by atoms with E-state index < -0.39 is 20.0 Å². The molecule has 0 atom stereocenters. The van der Waals surface area contributed by atoms with Gasteiger partial charge >= 0.3 is 0 Å². The van der Waals surface area contributed by atoms with Crippen LogP contribution >= 0.6 is 12.6 Å². The third-order valence-electron chi connectivity index (χ3n) is 2.51. The summed E-state index contributed by atoms with van der Waals surface area (Å²) >= 11 is 4.11. The summed E-state index contributed by atoms with van der Waals surface area (Å²) in [7, 11) is -8.10. The Kier molecular flexibility index (Phi) is 3.35. The van der Waals surface area contributed by atoms with Gasteiger partial charge in [0.2, 0.25) is 20.0 Å². The minimum absolute atomic E-state index is 0.289. The maximum Gasteiger partial charge on any atom is 0.238 e. The average Bonchev–Trinajstić information content (AvgIpc) is 2.24. The number of rotatable bonds is 2. The number of thiol groups is 1. The Bertz CT molecular complexity index is 873. The van der Waals surface area contributed by atoms with Gasteiger partial charge in [-0.1, -0.05) is 6.07 Å². The molecule has 0 unspecified atom stereocenters. The van der Waals surface area contributed by atoms with Crippen molar-refractivity contribution in [1.29, 1.82) is 0 Å². The molecule has 2 aromatic carbocycles. The summed E-state index contributed by atoms with van der Waals surface area (Å²) in [4.78, 5) is -0.0512. The molecule has 0 bridgehead atoms. The molecule has 9 heteroatoms. The molecule has 2 rings (SSSR count). The molecule has 0 aliphatic heterocycles. The number of nitrogens with two attached hydrogens (primary N) is 2. The van der Waals surface area contributed by atoms with Crippen molar-refractivity contribution in [3.05, 3.63) is 30.3 Å². The Balaban J connectivity index is 3.01. The van der Waals surface area contributed by atoms with Crippen LogP contribution in [0.2, 0.25) is 0 Å². The Hall–Kier alpha value is -1.13. The molecule has 0 spiro atoms. The molecule has 0 radical (unpaired) electrons. The van der Waals surface area contributed by atoms with Crippen molar-refractivity contribution in [3.63, 3.8) is 0 Å². The van der Waals surface area contributed by atoms with Gasteiger partial charge in [0.1, 0.15) is 0 Å². The molecule has 0 heterocycles.